The molecule has 3 rings (SSSR count). The Bertz CT molecular complexity index is 1080. The Morgan fingerprint density at radius 2 is 1.67 bits per heavy atom. The lowest BCUT2D eigenvalue weighted by Gasteiger charge is -2.14. The first-order valence-corrected chi connectivity index (χ1v) is 10.4. The number of hydrogen-bond donors (Lipinski definition) is 2. The van der Waals surface area contributed by atoms with Crippen LogP contribution in [0.4, 0.5) is 5.69 Å². The number of pyridine rings is 1. The van der Waals surface area contributed by atoms with Crippen molar-refractivity contribution in [1.29, 1.82) is 0 Å². The van der Waals surface area contributed by atoms with E-state index in [2.05, 4.69) is 10.3 Å². The summed E-state index contributed by atoms with van der Waals surface area (Å²) in [7, 11) is 0. The molecule has 3 N–H and O–H groups in total. The standard InChI is InChI=1S/C23H23N3O3S/c1-14-15(2)21(22(24)28)23(25-16(14)3)30-13-20(27)26-18-11-7-8-12-19(18)29-17-9-5-4-6-10-17/h4-12H,13H2,1-3H3,(H2,24,28)(H,26,27). The number of rotatable bonds is 7. The number of carbonyl (C=O) groups is 2. The zero-order chi connectivity index (χ0) is 21.7. The summed E-state index contributed by atoms with van der Waals surface area (Å²) in [5.74, 6) is 0.508. The lowest BCUT2D eigenvalue weighted by molar-refractivity contribution is -0.113. The minimum absolute atomic E-state index is 0.0783. The van der Waals surface area contributed by atoms with Gasteiger partial charge in [-0.15, -0.1) is 0 Å². The summed E-state index contributed by atoms with van der Waals surface area (Å²) in [6.07, 6.45) is 0. The number of para-hydroxylation sites is 3. The summed E-state index contributed by atoms with van der Waals surface area (Å²) in [4.78, 5) is 29.0. The molecule has 0 spiro atoms. The van der Waals surface area contributed by atoms with E-state index >= 15 is 0 Å². The summed E-state index contributed by atoms with van der Waals surface area (Å²) in [6, 6.07) is 16.6. The van der Waals surface area contributed by atoms with Crippen molar-refractivity contribution in [2.24, 2.45) is 5.73 Å². The molecular formula is C23H23N3O3S. The summed E-state index contributed by atoms with van der Waals surface area (Å²) >= 11 is 1.18. The van der Waals surface area contributed by atoms with Crippen LogP contribution in [0, 0.1) is 20.8 Å². The van der Waals surface area contributed by atoms with E-state index in [4.69, 9.17) is 10.5 Å². The van der Waals surface area contributed by atoms with Crippen LogP contribution in [0.3, 0.4) is 0 Å². The number of aryl methyl sites for hydroxylation is 1. The SMILES string of the molecule is Cc1nc(SCC(=O)Nc2ccccc2Oc2ccccc2)c(C(N)=O)c(C)c1C. The van der Waals surface area contributed by atoms with E-state index in [9.17, 15) is 9.59 Å². The highest BCUT2D eigenvalue weighted by atomic mass is 32.2. The number of nitrogens with zero attached hydrogens (tertiary/aromatic N) is 1. The summed E-state index contributed by atoms with van der Waals surface area (Å²) < 4.78 is 5.87. The van der Waals surface area contributed by atoms with Gasteiger partial charge < -0.3 is 15.8 Å². The second-order valence-electron chi connectivity index (χ2n) is 6.74. The van der Waals surface area contributed by atoms with Crippen molar-refractivity contribution in [3.8, 4) is 11.5 Å². The quantitative estimate of drug-likeness (QED) is 0.543. The first-order valence-electron chi connectivity index (χ1n) is 9.39. The number of nitrogens with two attached hydrogens (primary N) is 1. The predicted octanol–water partition coefficient (Wildman–Crippen LogP) is 4.63. The molecule has 0 bridgehead atoms. The van der Waals surface area contributed by atoms with Gasteiger partial charge in [-0.3, -0.25) is 9.59 Å². The van der Waals surface area contributed by atoms with E-state index in [1.807, 2.05) is 63.2 Å². The fraction of sp³-hybridized carbons (Fsp3) is 0.174. The molecule has 3 aromatic rings. The average molecular weight is 422 g/mol. The molecule has 2 amide bonds. The third-order valence-corrected chi connectivity index (χ3v) is 5.66. The van der Waals surface area contributed by atoms with Crippen molar-refractivity contribution >= 4 is 29.3 Å². The van der Waals surface area contributed by atoms with Gasteiger partial charge in [-0.1, -0.05) is 42.1 Å². The topological polar surface area (TPSA) is 94.3 Å². The normalized spacial score (nSPS) is 10.5. The van der Waals surface area contributed by atoms with Gasteiger partial charge in [0.25, 0.3) is 5.91 Å². The third-order valence-electron chi connectivity index (χ3n) is 4.68. The van der Waals surface area contributed by atoms with E-state index in [0.29, 0.717) is 27.8 Å². The van der Waals surface area contributed by atoms with Crippen LogP contribution in [0.25, 0.3) is 0 Å². The van der Waals surface area contributed by atoms with Gasteiger partial charge >= 0.3 is 0 Å². The van der Waals surface area contributed by atoms with E-state index < -0.39 is 5.91 Å². The average Bonchev–Trinajstić information content (AvgIpc) is 2.72. The zero-order valence-electron chi connectivity index (χ0n) is 17.1. The van der Waals surface area contributed by atoms with Crippen molar-refractivity contribution < 1.29 is 14.3 Å². The van der Waals surface area contributed by atoms with Gasteiger partial charge in [-0.2, -0.15) is 0 Å². The Morgan fingerprint density at radius 1 is 1.00 bits per heavy atom. The van der Waals surface area contributed by atoms with Gasteiger partial charge in [0.2, 0.25) is 5.91 Å². The third kappa shape index (κ3) is 4.99. The minimum atomic E-state index is -0.549. The molecule has 0 fully saturated rings. The van der Waals surface area contributed by atoms with Crippen LogP contribution in [0.5, 0.6) is 11.5 Å². The van der Waals surface area contributed by atoms with Crippen LogP contribution in [-0.4, -0.2) is 22.6 Å². The van der Waals surface area contributed by atoms with Crippen LogP contribution in [0.15, 0.2) is 59.6 Å². The molecule has 0 saturated heterocycles. The summed E-state index contributed by atoms with van der Waals surface area (Å²) in [5, 5.41) is 3.33. The number of nitrogens with one attached hydrogen (secondary N) is 1. The fourth-order valence-electron chi connectivity index (χ4n) is 2.90. The van der Waals surface area contributed by atoms with Crippen LogP contribution in [-0.2, 0) is 4.79 Å². The van der Waals surface area contributed by atoms with E-state index in [1.54, 1.807) is 12.1 Å². The number of aromatic nitrogens is 1. The molecule has 7 heteroatoms. The van der Waals surface area contributed by atoms with Crippen molar-refractivity contribution in [2.45, 2.75) is 25.8 Å². The number of anilines is 1. The number of thioether (sulfide) groups is 1. The number of benzene rings is 2. The van der Waals surface area contributed by atoms with Crippen molar-refractivity contribution in [3.63, 3.8) is 0 Å². The molecule has 0 atom stereocenters. The fourth-order valence-corrected chi connectivity index (χ4v) is 3.84. The number of primary amides is 1. The van der Waals surface area contributed by atoms with E-state index in [1.165, 1.54) is 11.8 Å². The number of hydrogen-bond acceptors (Lipinski definition) is 5. The first kappa shape index (κ1) is 21.4. The largest absolute Gasteiger partial charge is 0.455 e. The van der Waals surface area contributed by atoms with Crippen molar-refractivity contribution in [2.75, 3.05) is 11.1 Å². The number of carbonyl (C=O) groups excluding carboxylic acids is 2. The molecule has 1 aromatic heterocycles. The second kappa shape index (κ2) is 9.45. The Labute approximate surface area is 179 Å². The molecular weight excluding hydrogens is 398 g/mol. The maximum atomic E-state index is 12.6. The molecule has 0 aliphatic heterocycles. The summed E-state index contributed by atoms with van der Waals surface area (Å²) in [6.45, 7) is 5.61. The molecule has 0 aliphatic carbocycles. The van der Waals surface area contributed by atoms with Gasteiger partial charge in [-0.25, -0.2) is 4.98 Å². The number of amides is 2. The highest BCUT2D eigenvalue weighted by Gasteiger charge is 2.18. The van der Waals surface area contributed by atoms with Gasteiger partial charge in [-0.05, 0) is 56.2 Å². The zero-order valence-corrected chi connectivity index (χ0v) is 17.9. The molecule has 1 heterocycles. The lowest BCUT2D eigenvalue weighted by atomic mass is 10.0. The Kier molecular flexibility index (Phi) is 6.74. The molecule has 0 aliphatic rings. The van der Waals surface area contributed by atoms with Crippen molar-refractivity contribution in [1.82, 2.24) is 4.98 Å². The molecule has 154 valence electrons. The van der Waals surface area contributed by atoms with Gasteiger partial charge in [0, 0.05) is 5.69 Å². The maximum Gasteiger partial charge on any atom is 0.251 e. The summed E-state index contributed by atoms with van der Waals surface area (Å²) in [5.41, 5.74) is 8.99. The monoisotopic (exact) mass is 421 g/mol. The Hall–Kier alpha value is -3.32. The predicted molar refractivity (Wildman–Crippen MR) is 119 cm³/mol. The van der Waals surface area contributed by atoms with Gasteiger partial charge in [0.05, 0.1) is 17.0 Å². The highest BCUT2D eigenvalue weighted by molar-refractivity contribution is 8.00. The molecule has 6 nitrogen and oxygen atoms in total. The Morgan fingerprint density at radius 3 is 2.37 bits per heavy atom. The maximum absolute atomic E-state index is 12.6. The minimum Gasteiger partial charge on any atom is -0.455 e. The van der Waals surface area contributed by atoms with Gasteiger partial charge in [0.1, 0.15) is 10.8 Å². The first-order chi connectivity index (χ1) is 14.4. The second-order valence-corrected chi connectivity index (χ2v) is 7.70. The smallest absolute Gasteiger partial charge is 0.251 e. The molecule has 0 radical (unpaired) electrons. The lowest BCUT2D eigenvalue weighted by Crippen LogP contribution is -2.18. The van der Waals surface area contributed by atoms with Crippen LogP contribution >= 0.6 is 11.8 Å². The Balaban J connectivity index is 1.73. The van der Waals surface area contributed by atoms with Crippen molar-refractivity contribution in [3.05, 3.63) is 77.0 Å². The molecule has 0 saturated carbocycles. The highest BCUT2D eigenvalue weighted by Crippen LogP contribution is 2.30. The van der Waals surface area contributed by atoms with Crippen LogP contribution in [0.1, 0.15) is 27.2 Å². The molecule has 2 aromatic carbocycles. The van der Waals surface area contributed by atoms with Gasteiger partial charge in [0.15, 0.2) is 5.75 Å². The van der Waals surface area contributed by atoms with Crippen LogP contribution < -0.4 is 15.8 Å². The molecule has 30 heavy (non-hydrogen) atoms. The number of ether oxygens (including phenoxy) is 1. The van der Waals surface area contributed by atoms with E-state index in [0.717, 1.165) is 16.8 Å². The molecule has 0 unspecified atom stereocenters. The van der Waals surface area contributed by atoms with Crippen LogP contribution in [0.2, 0.25) is 0 Å². The van der Waals surface area contributed by atoms with E-state index in [-0.39, 0.29) is 11.7 Å².